The maximum Gasteiger partial charge on any atom is 0.0340 e. The molecule has 1 aromatic rings. The monoisotopic (exact) mass is 244 g/mol. The standard InChI is InChI=1S/C10H16N2.H3NO2S/c1-12(2)9-8-11-10-6-4-3-5-7-10;1-4(2)3/h3-7,11H,8-9H2,1-2H3;1H2,(H,2,3)/p-1. The van der Waals surface area contributed by atoms with Crippen molar-refractivity contribution in [2.75, 3.05) is 32.5 Å². The Morgan fingerprint density at radius 3 is 2.31 bits per heavy atom. The average Bonchev–Trinajstić information content (AvgIpc) is 2.18. The second-order valence-corrected chi connectivity index (χ2v) is 3.88. The minimum absolute atomic E-state index is 0.997. The van der Waals surface area contributed by atoms with Crippen LogP contribution in [-0.4, -0.2) is 40.8 Å². The third-order valence-corrected chi connectivity index (χ3v) is 1.66. The van der Waals surface area contributed by atoms with Crippen molar-refractivity contribution in [3.63, 3.8) is 0 Å². The van der Waals surface area contributed by atoms with Crippen LogP contribution in [0.25, 0.3) is 0 Å². The molecule has 5 nitrogen and oxygen atoms in total. The highest BCUT2D eigenvalue weighted by molar-refractivity contribution is 7.76. The molecule has 0 saturated carbocycles. The van der Waals surface area contributed by atoms with Crippen LogP contribution >= 0.6 is 0 Å². The molecule has 0 aromatic heterocycles. The number of nitrogens with one attached hydrogen (secondary N) is 1. The molecule has 0 spiro atoms. The second-order valence-electron chi connectivity index (χ2n) is 3.36. The van der Waals surface area contributed by atoms with Gasteiger partial charge in [0.2, 0.25) is 0 Å². The lowest BCUT2D eigenvalue weighted by molar-refractivity contribution is 0.425. The fourth-order valence-electron chi connectivity index (χ4n) is 0.980. The third kappa shape index (κ3) is 11.1. The van der Waals surface area contributed by atoms with Gasteiger partial charge in [0.15, 0.2) is 0 Å². The predicted octanol–water partition coefficient (Wildman–Crippen LogP) is 0.399. The first-order valence-corrected chi connectivity index (χ1v) is 5.93. The molecule has 3 N–H and O–H groups in total. The van der Waals surface area contributed by atoms with E-state index in [1.807, 2.05) is 18.2 Å². The summed E-state index contributed by atoms with van der Waals surface area (Å²) in [6.45, 7) is 2.06. The van der Waals surface area contributed by atoms with Gasteiger partial charge in [0.1, 0.15) is 0 Å². The molecule has 1 unspecified atom stereocenters. The Balaban J connectivity index is 0.000000487. The number of nitrogens with zero attached hydrogens (tertiary/aromatic N) is 1. The molecule has 0 bridgehead atoms. The zero-order chi connectivity index (χ0) is 12.4. The average molecular weight is 244 g/mol. The van der Waals surface area contributed by atoms with E-state index in [4.69, 9.17) is 8.76 Å². The lowest BCUT2D eigenvalue weighted by Crippen LogP contribution is -2.20. The van der Waals surface area contributed by atoms with Crippen molar-refractivity contribution < 1.29 is 8.76 Å². The van der Waals surface area contributed by atoms with Gasteiger partial charge in [0.05, 0.1) is 0 Å². The molecule has 1 atom stereocenters. The topological polar surface area (TPSA) is 81.4 Å². The van der Waals surface area contributed by atoms with Crippen LogP contribution in [0.2, 0.25) is 0 Å². The van der Waals surface area contributed by atoms with Gasteiger partial charge in [-0.3, -0.25) is 9.35 Å². The number of rotatable bonds is 4. The van der Waals surface area contributed by atoms with Gasteiger partial charge in [-0.15, -0.1) is 0 Å². The van der Waals surface area contributed by atoms with E-state index in [-0.39, 0.29) is 0 Å². The first-order chi connectivity index (χ1) is 7.52. The van der Waals surface area contributed by atoms with Crippen molar-refractivity contribution in [3.05, 3.63) is 30.3 Å². The summed E-state index contributed by atoms with van der Waals surface area (Å²) in [6, 6.07) is 10.3. The largest absolute Gasteiger partial charge is 0.760 e. The van der Waals surface area contributed by atoms with Crippen molar-refractivity contribution in [2.45, 2.75) is 0 Å². The van der Waals surface area contributed by atoms with Crippen molar-refractivity contribution in [2.24, 2.45) is 5.14 Å². The summed E-state index contributed by atoms with van der Waals surface area (Å²) in [5.41, 5.74) is 1.19. The zero-order valence-electron chi connectivity index (χ0n) is 9.55. The van der Waals surface area contributed by atoms with E-state index in [0.717, 1.165) is 13.1 Å². The number of hydrogen-bond donors (Lipinski definition) is 2. The van der Waals surface area contributed by atoms with E-state index < -0.39 is 11.3 Å². The van der Waals surface area contributed by atoms with Gasteiger partial charge in [-0.05, 0) is 26.2 Å². The molecular weight excluding hydrogens is 226 g/mol. The molecule has 0 radical (unpaired) electrons. The minimum Gasteiger partial charge on any atom is -0.760 e. The van der Waals surface area contributed by atoms with Crippen LogP contribution in [-0.2, 0) is 11.3 Å². The number of para-hydroxylation sites is 1. The molecule has 16 heavy (non-hydrogen) atoms. The number of nitrogens with two attached hydrogens (primary N) is 1. The Kier molecular flexibility index (Phi) is 8.74. The molecule has 0 amide bonds. The van der Waals surface area contributed by atoms with Crippen molar-refractivity contribution in [1.29, 1.82) is 0 Å². The van der Waals surface area contributed by atoms with Gasteiger partial charge in [0, 0.05) is 30.0 Å². The van der Waals surface area contributed by atoms with Crippen molar-refractivity contribution in [3.8, 4) is 0 Å². The lowest BCUT2D eigenvalue weighted by atomic mass is 10.3. The molecule has 1 rings (SSSR count). The fourth-order valence-corrected chi connectivity index (χ4v) is 0.980. The van der Waals surface area contributed by atoms with Gasteiger partial charge >= 0.3 is 0 Å². The van der Waals surface area contributed by atoms with Crippen LogP contribution in [0.5, 0.6) is 0 Å². The van der Waals surface area contributed by atoms with E-state index in [2.05, 4.69) is 41.6 Å². The summed E-state index contributed by atoms with van der Waals surface area (Å²) in [6.07, 6.45) is 0. The normalized spacial score (nSPS) is 11.6. The van der Waals surface area contributed by atoms with Crippen LogP contribution in [0, 0.1) is 0 Å². The number of benzene rings is 1. The molecule has 92 valence electrons. The molecule has 1 aromatic carbocycles. The number of anilines is 1. The van der Waals surface area contributed by atoms with Gasteiger partial charge in [-0.2, -0.15) is 0 Å². The van der Waals surface area contributed by atoms with Crippen LogP contribution in [0.1, 0.15) is 0 Å². The van der Waals surface area contributed by atoms with Crippen molar-refractivity contribution >= 4 is 17.0 Å². The van der Waals surface area contributed by atoms with E-state index in [0.29, 0.717) is 0 Å². The maximum atomic E-state index is 8.78. The van der Waals surface area contributed by atoms with Gasteiger partial charge in [0.25, 0.3) is 0 Å². The summed E-state index contributed by atoms with van der Waals surface area (Å²) in [5.74, 6) is 0. The lowest BCUT2D eigenvalue weighted by Gasteiger charge is -2.10. The Labute approximate surface area is 99.1 Å². The highest BCUT2D eigenvalue weighted by Crippen LogP contribution is 2.03. The van der Waals surface area contributed by atoms with E-state index >= 15 is 0 Å². The minimum atomic E-state index is -2.36. The molecule has 0 saturated heterocycles. The summed E-state index contributed by atoms with van der Waals surface area (Å²) < 4.78 is 17.6. The molecule has 0 aliphatic carbocycles. The highest BCUT2D eigenvalue weighted by Gasteiger charge is 1.90. The smallest absolute Gasteiger partial charge is 0.0340 e. The number of likely N-dealkylation sites (N-methyl/N-ethyl adjacent to an activating group) is 1. The van der Waals surface area contributed by atoms with Gasteiger partial charge in [-0.1, -0.05) is 18.2 Å². The van der Waals surface area contributed by atoms with Crippen LogP contribution in [0.3, 0.4) is 0 Å². The summed E-state index contributed by atoms with van der Waals surface area (Å²) in [4.78, 5) is 2.16. The molecule has 6 heteroatoms. The SMILES string of the molecule is CN(C)CCNc1ccccc1.NS(=O)[O-]. The maximum absolute atomic E-state index is 8.78. The fraction of sp³-hybridized carbons (Fsp3) is 0.400. The molecule has 0 heterocycles. The van der Waals surface area contributed by atoms with Crippen molar-refractivity contribution in [1.82, 2.24) is 4.90 Å². The predicted molar refractivity (Wildman–Crippen MR) is 66.6 cm³/mol. The zero-order valence-corrected chi connectivity index (χ0v) is 10.4. The summed E-state index contributed by atoms with van der Waals surface area (Å²) in [7, 11) is 4.15. The van der Waals surface area contributed by atoms with Gasteiger partial charge in [-0.25, -0.2) is 0 Å². The Morgan fingerprint density at radius 1 is 1.38 bits per heavy atom. The van der Waals surface area contributed by atoms with Gasteiger partial charge < -0.3 is 14.8 Å². The number of hydrogen-bond acceptors (Lipinski definition) is 4. The first-order valence-electron chi connectivity index (χ1n) is 4.79. The third-order valence-electron chi connectivity index (χ3n) is 1.66. The Bertz CT molecular complexity index is 289. The van der Waals surface area contributed by atoms with Crippen LogP contribution in [0.15, 0.2) is 30.3 Å². The molecule has 0 aliphatic rings. The van der Waals surface area contributed by atoms with Crippen LogP contribution < -0.4 is 10.5 Å². The Morgan fingerprint density at radius 2 is 1.88 bits per heavy atom. The molecule has 0 aliphatic heterocycles. The first kappa shape index (κ1) is 15.0. The van der Waals surface area contributed by atoms with E-state index in [9.17, 15) is 0 Å². The van der Waals surface area contributed by atoms with E-state index in [1.165, 1.54) is 5.69 Å². The Hall–Kier alpha value is -0.950. The second kappa shape index (κ2) is 9.29. The molecule has 0 fully saturated rings. The van der Waals surface area contributed by atoms with E-state index in [1.54, 1.807) is 0 Å². The molecular formula is C10H18N3O2S-. The summed E-state index contributed by atoms with van der Waals surface area (Å²) in [5, 5.41) is 7.36. The van der Waals surface area contributed by atoms with Crippen LogP contribution in [0.4, 0.5) is 5.69 Å². The quantitative estimate of drug-likeness (QED) is 0.751. The highest BCUT2D eigenvalue weighted by atomic mass is 32.2. The summed E-state index contributed by atoms with van der Waals surface area (Å²) >= 11 is -2.36.